The number of anilines is 3. The quantitative estimate of drug-likeness (QED) is 0.376. The highest BCUT2D eigenvalue weighted by atomic mass is 32.2. The molecular formula is C24H19F3N4O3S. The molecule has 3 aromatic carbocycles. The van der Waals surface area contributed by atoms with Crippen LogP contribution in [0.25, 0.3) is 0 Å². The minimum Gasteiger partial charge on any atom is -0.354 e. The predicted octanol–water partition coefficient (Wildman–Crippen LogP) is 5.27. The van der Waals surface area contributed by atoms with Crippen molar-refractivity contribution in [3.05, 3.63) is 96.3 Å². The highest BCUT2D eigenvalue weighted by Gasteiger charge is 2.35. The summed E-state index contributed by atoms with van der Waals surface area (Å²) in [5.74, 6) is -0.816. The van der Waals surface area contributed by atoms with Crippen LogP contribution in [0.15, 0.2) is 94.7 Å². The van der Waals surface area contributed by atoms with E-state index in [0.29, 0.717) is 11.8 Å². The maximum atomic E-state index is 13.3. The Labute approximate surface area is 199 Å². The first-order chi connectivity index (χ1) is 16.6. The fourth-order valence-corrected chi connectivity index (χ4v) is 4.75. The van der Waals surface area contributed by atoms with E-state index < -0.39 is 27.6 Å². The molecule has 0 radical (unpaired) electrons. The molecule has 1 aromatic heterocycles. The molecular weight excluding hydrogens is 481 g/mol. The zero-order chi connectivity index (χ0) is 25.2. The van der Waals surface area contributed by atoms with Crippen molar-refractivity contribution in [1.82, 2.24) is 9.78 Å². The van der Waals surface area contributed by atoms with Gasteiger partial charge in [0.2, 0.25) is 9.84 Å². The Hall–Kier alpha value is -4.12. The Kier molecular flexibility index (Phi) is 6.35. The highest BCUT2D eigenvalue weighted by molar-refractivity contribution is 7.91. The normalized spacial score (nSPS) is 11.8. The average molecular weight is 501 g/mol. The standard InChI is InChI=1S/C24H19F3N4O3S/c1-31-20(15-22(30-31)24(25,26)27)23(32)29-17-11-13-18(14-12-17)35(33,34)21-10-6-5-9-19(21)28-16-7-3-2-4-8-16/h2-15,28H,1H3,(H,29,32). The molecule has 7 nitrogen and oxygen atoms in total. The molecule has 0 aliphatic rings. The van der Waals surface area contributed by atoms with Crippen molar-refractivity contribution in [1.29, 1.82) is 0 Å². The van der Waals surface area contributed by atoms with Gasteiger partial charge in [0, 0.05) is 24.5 Å². The van der Waals surface area contributed by atoms with Crippen molar-refractivity contribution in [2.75, 3.05) is 10.6 Å². The van der Waals surface area contributed by atoms with Crippen molar-refractivity contribution in [3.63, 3.8) is 0 Å². The molecule has 0 saturated carbocycles. The van der Waals surface area contributed by atoms with Gasteiger partial charge in [-0.3, -0.25) is 9.48 Å². The fourth-order valence-electron chi connectivity index (χ4n) is 3.34. The molecule has 0 unspecified atom stereocenters. The molecule has 0 saturated heterocycles. The van der Waals surface area contributed by atoms with Gasteiger partial charge in [-0.1, -0.05) is 30.3 Å². The molecule has 0 spiro atoms. The number of hydrogen-bond donors (Lipinski definition) is 2. The average Bonchev–Trinajstić information content (AvgIpc) is 3.23. The topological polar surface area (TPSA) is 93.1 Å². The van der Waals surface area contributed by atoms with Crippen LogP contribution in [0, 0.1) is 0 Å². The molecule has 2 N–H and O–H groups in total. The van der Waals surface area contributed by atoms with E-state index in [9.17, 15) is 26.4 Å². The zero-order valence-electron chi connectivity index (χ0n) is 18.2. The Balaban J connectivity index is 1.55. The summed E-state index contributed by atoms with van der Waals surface area (Å²) < 4.78 is 66.0. The first-order valence-electron chi connectivity index (χ1n) is 10.2. The predicted molar refractivity (Wildman–Crippen MR) is 124 cm³/mol. The second kappa shape index (κ2) is 9.26. The Morgan fingerprint density at radius 2 is 1.51 bits per heavy atom. The number of halogens is 3. The second-order valence-corrected chi connectivity index (χ2v) is 9.42. The number of aryl methyl sites for hydroxylation is 1. The summed E-state index contributed by atoms with van der Waals surface area (Å²) in [5.41, 5.74) is -0.159. The van der Waals surface area contributed by atoms with E-state index in [0.717, 1.165) is 10.4 Å². The minimum absolute atomic E-state index is 0.0160. The minimum atomic E-state index is -4.68. The summed E-state index contributed by atoms with van der Waals surface area (Å²) in [5, 5.41) is 8.86. The molecule has 0 fully saturated rings. The maximum absolute atomic E-state index is 13.3. The number of nitrogens with one attached hydrogen (secondary N) is 2. The van der Waals surface area contributed by atoms with Gasteiger partial charge in [0.05, 0.1) is 15.5 Å². The van der Waals surface area contributed by atoms with E-state index in [1.807, 2.05) is 18.2 Å². The van der Waals surface area contributed by atoms with Crippen molar-refractivity contribution in [2.24, 2.45) is 7.05 Å². The number of carbonyl (C=O) groups is 1. The van der Waals surface area contributed by atoms with E-state index in [1.54, 1.807) is 30.3 Å². The third-order valence-corrected chi connectivity index (χ3v) is 6.88. The smallest absolute Gasteiger partial charge is 0.354 e. The first kappa shape index (κ1) is 24.0. The van der Waals surface area contributed by atoms with Gasteiger partial charge in [-0.25, -0.2) is 8.42 Å². The van der Waals surface area contributed by atoms with E-state index >= 15 is 0 Å². The highest BCUT2D eigenvalue weighted by Crippen LogP contribution is 2.31. The number of nitrogens with zero attached hydrogens (tertiary/aromatic N) is 2. The number of alkyl halides is 3. The largest absolute Gasteiger partial charge is 0.435 e. The van der Waals surface area contributed by atoms with Crippen LogP contribution in [0.2, 0.25) is 0 Å². The Bertz CT molecular complexity index is 1470. The summed E-state index contributed by atoms with van der Waals surface area (Å²) in [7, 11) is -2.70. The van der Waals surface area contributed by atoms with Crippen LogP contribution in [0.4, 0.5) is 30.2 Å². The SMILES string of the molecule is Cn1nc(C(F)(F)F)cc1C(=O)Nc1ccc(S(=O)(=O)c2ccccc2Nc2ccccc2)cc1. The van der Waals surface area contributed by atoms with E-state index in [4.69, 9.17) is 0 Å². The molecule has 11 heteroatoms. The van der Waals surface area contributed by atoms with Crippen molar-refractivity contribution in [3.8, 4) is 0 Å². The lowest BCUT2D eigenvalue weighted by molar-refractivity contribution is -0.141. The molecule has 4 aromatic rings. The van der Waals surface area contributed by atoms with Gasteiger partial charge in [-0.05, 0) is 48.5 Å². The summed E-state index contributed by atoms with van der Waals surface area (Å²) in [6.07, 6.45) is -4.68. The first-order valence-corrected chi connectivity index (χ1v) is 11.7. The number of rotatable bonds is 6. The van der Waals surface area contributed by atoms with Crippen molar-refractivity contribution >= 4 is 32.8 Å². The van der Waals surface area contributed by atoms with E-state index in [1.165, 1.54) is 37.4 Å². The van der Waals surface area contributed by atoms with Crippen LogP contribution >= 0.6 is 0 Å². The lowest BCUT2D eigenvalue weighted by atomic mass is 10.2. The molecule has 35 heavy (non-hydrogen) atoms. The van der Waals surface area contributed by atoms with Crippen molar-refractivity contribution in [2.45, 2.75) is 16.0 Å². The van der Waals surface area contributed by atoms with Gasteiger partial charge in [-0.15, -0.1) is 0 Å². The van der Waals surface area contributed by atoms with Crippen LogP contribution in [-0.4, -0.2) is 24.1 Å². The Morgan fingerprint density at radius 3 is 2.14 bits per heavy atom. The van der Waals surface area contributed by atoms with Gasteiger partial charge >= 0.3 is 6.18 Å². The van der Waals surface area contributed by atoms with E-state index in [2.05, 4.69) is 15.7 Å². The van der Waals surface area contributed by atoms with E-state index in [-0.39, 0.29) is 21.2 Å². The molecule has 0 aliphatic carbocycles. The number of amides is 1. The molecule has 0 atom stereocenters. The number of carbonyl (C=O) groups excluding carboxylic acids is 1. The number of para-hydroxylation sites is 2. The third-order valence-electron chi connectivity index (χ3n) is 5.05. The second-order valence-electron chi connectivity index (χ2n) is 7.51. The molecule has 1 amide bonds. The molecule has 0 aliphatic heterocycles. The summed E-state index contributed by atoms with van der Waals surface area (Å²) in [6, 6.07) is 21.6. The lowest BCUT2D eigenvalue weighted by Gasteiger charge is -2.13. The summed E-state index contributed by atoms with van der Waals surface area (Å²) >= 11 is 0. The van der Waals surface area contributed by atoms with Gasteiger partial charge < -0.3 is 10.6 Å². The van der Waals surface area contributed by atoms with Crippen molar-refractivity contribution < 1.29 is 26.4 Å². The zero-order valence-corrected chi connectivity index (χ0v) is 19.1. The monoisotopic (exact) mass is 500 g/mol. The van der Waals surface area contributed by atoms with Crippen LogP contribution in [0.1, 0.15) is 16.2 Å². The van der Waals surface area contributed by atoms with Gasteiger partial charge in [-0.2, -0.15) is 18.3 Å². The lowest BCUT2D eigenvalue weighted by Crippen LogP contribution is -2.16. The van der Waals surface area contributed by atoms with Gasteiger partial charge in [0.25, 0.3) is 5.91 Å². The van der Waals surface area contributed by atoms with Crippen LogP contribution < -0.4 is 10.6 Å². The van der Waals surface area contributed by atoms with Gasteiger partial charge in [0.1, 0.15) is 5.69 Å². The molecule has 0 bridgehead atoms. The summed E-state index contributed by atoms with van der Waals surface area (Å²) in [4.78, 5) is 12.5. The Morgan fingerprint density at radius 1 is 0.886 bits per heavy atom. The number of sulfone groups is 1. The van der Waals surface area contributed by atoms with Gasteiger partial charge in [0.15, 0.2) is 5.69 Å². The number of benzene rings is 3. The van der Waals surface area contributed by atoms with Crippen LogP contribution in [-0.2, 0) is 23.1 Å². The molecule has 1 heterocycles. The third kappa shape index (κ3) is 5.19. The molecule has 4 rings (SSSR count). The summed E-state index contributed by atoms with van der Waals surface area (Å²) in [6.45, 7) is 0. The van der Waals surface area contributed by atoms with Crippen LogP contribution in [0.5, 0.6) is 0 Å². The maximum Gasteiger partial charge on any atom is 0.435 e. The number of aromatic nitrogens is 2. The van der Waals surface area contributed by atoms with Crippen LogP contribution in [0.3, 0.4) is 0 Å². The molecule has 180 valence electrons. The number of hydrogen-bond acceptors (Lipinski definition) is 5. The fraction of sp³-hybridized carbons (Fsp3) is 0.0833.